The van der Waals surface area contributed by atoms with Crippen molar-refractivity contribution in [1.82, 2.24) is 20.5 Å². The second kappa shape index (κ2) is 13.4. The molecule has 4 amide bonds. The van der Waals surface area contributed by atoms with Crippen LogP contribution in [0.25, 0.3) is 0 Å². The molecule has 0 unspecified atom stereocenters. The molecule has 2 heterocycles. The fraction of sp³-hybridized carbons (Fsp3) is 0.483. The third kappa shape index (κ3) is 7.56. The van der Waals surface area contributed by atoms with Crippen LogP contribution in [-0.2, 0) is 25.6 Å². The average molecular weight is 552 g/mol. The molecule has 1 aliphatic heterocycles. The van der Waals surface area contributed by atoms with Crippen molar-refractivity contribution in [2.24, 2.45) is 11.8 Å². The number of hydrogen-bond acceptors (Lipinski definition) is 6. The maximum absolute atomic E-state index is 13.6. The number of amides is 4. The Balaban J connectivity index is 1.51. The highest BCUT2D eigenvalue weighted by molar-refractivity contribution is 5.90. The summed E-state index contributed by atoms with van der Waals surface area (Å²) in [4.78, 5) is 64.1. The van der Waals surface area contributed by atoms with Gasteiger partial charge in [0.15, 0.2) is 6.10 Å². The summed E-state index contributed by atoms with van der Waals surface area (Å²) in [6, 6.07) is 10.7. The van der Waals surface area contributed by atoms with Gasteiger partial charge in [-0.3, -0.25) is 24.0 Å². The largest absolute Gasteiger partial charge is 0.381 e. The molecule has 5 N–H and O–H groups in total. The fourth-order valence-electron chi connectivity index (χ4n) is 5.03. The Morgan fingerprint density at radius 2 is 1.77 bits per heavy atom. The molecule has 214 valence electrons. The zero-order valence-corrected chi connectivity index (χ0v) is 22.6. The summed E-state index contributed by atoms with van der Waals surface area (Å²) < 4.78 is 1.30. The second-order valence-corrected chi connectivity index (χ2v) is 10.5. The molecule has 1 saturated heterocycles. The Bertz CT molecular complexity index is 1280. The van der Waals surface area contributed by atoms with Gasteiger partial charge < -0.3 is 30.9 Å². The number of aliphatic hydroxyl groups is 1. The molecular weight excluding hydrogens is 514 g/mol. The lowest BCUT2D eigenvalue weighted by molar-refractivity contribution is -0.134. The van der Waals surface area contributed by atoms with Crippen LogP contribution in [0.1, 0.15) is 50.1 Å². The Kier molecular flexibility index (Phi) is 9.70. The van der Waals surface area contributed by atoms with Gasteiger partial charge >= 0.3 is 0 Å². The van der Waals surface area contributed by atoms with Gasteiger partial charge in [-0.05, 0) is 49.3 Å². The SMILES string of the molecule is CNC(=O)[C@H](O)[C@H](C[C@@H]1CCNC1=O)NC(=O)[C@H](CC1CC1)n1cccc(NC(=O)CCc2ccccc2)c1=O. The smallest absolute Gasteiger partial charge is 0.275 e. The molecule has 0 spiro atoms. The summed E-state index contributed by atoms with van der Waals surface area (Å²) in [5.74, 6) is -1.92. The van der Waals surface area contributed by atoms with E-state index in [2.05, 4.69) is 21.3 Å². The van der Waals surface area contributed by atoms with Crippen molar-refractivity contribution < 1.29 is 24.3 Å². The molecule has 2 fully saturated rings. The molecule has 0 bridgehead atoms. The number of carbonyl (C=O) groups is 4. The highest BCUT2D eigenvalue weighted by Crippen LogP contribution is 2.37. The van der Waals surface area contributed by atoms with Crippen LogP contribution in [0.3, 0.4) is 0 Å². The number of anilines is 1. The summed E-state index contributed by atoms with van der Waals surface area (Å²) in [6.45, 7) is 0.490. The first kappa shape index (κ1) is 29.0. The Morgan fingerprint density at radius 3 is 2.42 bits per heavy atom. The number of nitrogens with zero attached hydrogens (tertiary/aromatic N) is 1. The summed E-state index contributed by atoms with van der Waals surface area (Å²) in [6.07, 6.45) is 3.51. The fourth-order valence-corrected chi connectivity index (χ4v) is 5.03. The number of likely N-dealkylation sites (N-methyl/N-ethyl adjacent to an activating group) is 1. The number of hydrogen-bond donors (Lipinski definition) is 5. The standard InChI is InChI=1S/C29H37N5O6/c1-30-28(39)25(36)22(17-20-13-14-31-26(20)37)33-27(38)23(16-19-9-10-19)34-15-5-8-21(29(34)40)32-24(35)12-11-18-6-3-2-4-7-18/h2-8,15,19-20,22-23,25,36H,9-14,16-17H2,1H3,(H,30,39)(H,31,37)(H,32,35)(H,33,38)/t20-,22-,23-,25+/m0/s1. The highest BCUT2D eigenvalue weighted by Gasteiger charge is 2.37. The van der Waals surface area contributed by atoms with Gasteiger partial charge in [0.2, 0.25) is 17.7 Å². The Hall–Kier alpha value is -3.99. The van der Waals surface area contributed by atoms with E-state index < -0.39 is 41.5 Å². The van der Waals surface area contributed by atoms with Gasteiger partial charge in [-0.25, -0.2) is 0 Å². The van der Waals surface area contributed by atoms with E-state index in [1.54, 1.807) is 6.07 Å². The van der Waals surface area contributed by atoms with E-state index >= 15 is 0 Å². The highest BCUT2D eigenvalue weighted by atomic mass is 16.3. The topological polar surface area (TPSA) is 159 Å². The summed E-state index contributed by atoms with van der Waals surface area (Å²) in [5.41, 5.74) is 0.557. The van der Waals surface area contributed by atoms with Gasteiger partial charge in [0, 0.05) is 32.1 Å². The van der Waals surface area contributed by atoms with Gasteiger partial charge in [0.1, 0.15) is 11.7 Å². The van der Waals surface area contributed by atoms with Crippen LogP contribution in [0.5, 0.6) is 0 Å². The van der Waals surface area contributed by atoms with Crippen LogP contribution in [0.4, 0.5) is 5.69 Å². The number of carbonyl (C=O) groups excluding carboxylic acids is 4. The van der Waals surface area contributed by atoms with E-state index in [4.69, 9.17) is 0 Å². The number of rotatable bonds is 13. The van der Waals surface area contributed by atoms with Crippen molar-refractivity contribution in [1.29, 1.82) is 0 Å². The molecule has 1 aliphatic carbocycles. The Morgan fingerprint density at radius 1 is 1.02 bits per heavy atom. The molecular formula is C29H37N5O6. The molecule has 11 heteroatoms. The summed E-state index contributed by atoms with van der Waals surface area (Å²) in [5, 5.41) is 21.2. The van der Waals surface area contributed by atoms with Crippen LogP contribution in [0, 0.1) is 11.8 Å². The minimum absolute atomic E-state index is 0.0683. The quantitative estimate of drug-likeness (QED) is 0.249. The third-order valence-corrected chi connectivity index (χ3v) is 7.55. The molecule has 0 radical (unpaired) electrons. The number of pyridine rings is 1. The number of benzene rings is 1. The second-order valence-electron chi connectivity index (χ2n) is 10.5. The van der Waals surface area contributed by atoms with E-state index in [0.29, 0.717) is 25.8 Å². The monoisotopic (exact) mass is 551 g/mol. The molecule has 4 atom stereocenters. The van der Waals surface area contributed by atoms with Crippen LogP contribution < -0.4 is 26.8 Å². The first-order valence-electron chi connectivity index (χ1n) is 13.8. The summed E-state index contributed by atoms with van der Waals surface area (Å²) in [7, 11) is 1.38. The van der Waals surface area contributed by atoms with Crippen molar-refractivity contribution in [2.45, 2.75) is 63.1 Å². The van der Waals surface area contributed by atoms with E-state index in [-0.39, 0.29) is 36.3 Å². The number of aryl methyl sites for hydroxylation is 1. The molecule has 2 aromatic rings. The van der Waals surface area contributed by atoms with Crippen LogP contribution in [-0.4, -0.2) is 59.0 Å². The van der Waals surface area contributed by atoms with Crippen molar-refractivity contribution in [3.63, 3.8) is 0 Å². The van der Waals surface area contributed by atoms with Crippen molar-refractivity contribution in [3.05, 3.63) is 64.6 Å². The predicted molar refractivity (Wildman–Crippen MR) is 148 cm³/mol. The molecule has 1 aromatic heterocycles. The van der Waals surface area contributed by atoms with Crippen LogP contribution in [0.2, 0.25) is 0 Å². The lowest BCUT2D eigenvalue weighted by Crippen LogP contribution is -2.53. The molecule has 1 aromatic carbocycles. The van der Waals surface area contributed by atoms with E-state index in [9.17, 15) is 29.1 Å². The number of aromatic nitrogens is 1. The minimum atomic E-state index is -1.57. The maximum atomic E-state index is 13.6. The van der Waals surface area contributed by atoms with E-state index in [1.165, 1.54) is 23.9 Å². The maximum Gasteiger partial charge on any atom is 0.275 e. The molecule has 11 nitrogen and oxygen atoms in total. The first-order chi connectivity index (χ1) is 19.3. The van der Waals surface area contributed by atoms with Crippen molar-refractivity contribution in [3.8, 4) is 0 Å². The lowest BCUT2D eigenvalue weighted by atomic mass is 9.94. The lowest BCUT2D eigenvalue weighted by Gasteiger charge is -2.28. The zero-order chi connectivity index (χ0) is 28.6. The van der Waals surface area contributed by atoms with Gasteiger partial charge in [-0.2, -0.15) is 0 Å². The molecule has 2 aliphatic rings. The Labute approximate surface area is 232 Å². The van der Waals surface area contributed by atoms with Gasteiger partial charge in [0.05, 0.1) is 6.04 Å². The van der Waals surface area contributed by atoms with Crippen molar-refractivity contribution >= 4 is 29.3 Å². The average Bonchev–Trinajstić information content (AvgIpc) is 3.70. The van der Waals surface area contributed by atoms with E-state index in [1.807, 2.05) is 30.3 Å². The first-order valence-corrected chi connectivity index (χ1v) is 13.8. The van der Waals surface area contributed by atoms with Gasteiger partial charge in [-0.15, -0.1) is 0 Å². The normalized spacial score (nSPS) is 18.8. The summed E-state index contributed by atoms with van der Waals surface area (Å²) >= 11 is 0. The number of aliphatic hydroxyl groups excluding tert-OH is 1. The van der Waals surface area contributed by atoms with Crippen molar-refractivity contribution in [2.75, 3.05) is 18.9 Å². The van der Waals surface area contributed by atoms with Gasteiger partial charge in [-0.1, -0.05) is 43.2 Å². The predicted octanol–water partition coefficient (Wildman–Crippen LogP) is 0.879. The molecule has 1 saturated carbocycles. The van der Waals surface area contributed by atoms with Crippen LogP contribution >= 0.6 is 0 Å². The number of nitrogens with one attached hydrogen (secondary N) is 4. The van der Waals surface area contributed by atoms with E-state index in [0.717, 1.165) is 18.4 Å². The molecule has 4 rings (SSSR count). The molecule has 40 heavy (non-hydrogen) atoms. The third-order valence-electron chi connectivity index (χ3n) is 7.55. The zero-order valence-electron chi connectivity index (χ0n) is 22.6. The van der Waals surface area contributed by atoms with Crippen LogP contribution in [0.15, 0.2) is 53.5 Å². The minimum Gasteiger partial charge on any atom is -0.381 e. The van der Waals surface area contributed by atoms with Gasteiger partial charge in [0.25, 0.3) is 11.5 Å².